The van der Waals surface area contributed by atoms with Crippen LogP contribution in [0.2, 0.25) is 0 Å². The first-order valence-corrected chi connectivity index (χ1v) is 10.5. The van der Waals surface area contributed by atoms with Crippen LogP contribution in [0, 0.1) is 0 Å². The van der Waals surface area contributed by atoms with E-state index in [1.165, 1.54) is 0 Å². The van der Waals surface area contributed by atoms with Gasteiger partial charge in [-0.1, -0.05) is 30.3 Å². The zero-order valence-electron chi connectivity index (χ0n) is 17.7. The highest BCUT2D eigenvalue weighted by molar-refractivity contribution is 5.69. The Kier molecular flexibility index (Phi) is 7.00. The van der Waals surface area contributed by atoms with Gasteiger partial charge in [-0.2, -0.15) is 0 Å². The van der Waals surface area contributed by atoms with Crippen molar-refractivity contribution in [2.45, 2.75) is 64.3 Å². The average Bonchev–Trinajstić information content (AvgIpc) is 2.64. The Morgan fingerprint density at radius 1 is 1.07 bits per heavy atom. The van der Waals surface area contributed by atoms with Gasteiger partial charge < -0.3 is 24.6 Å². The minimum absolute atomic E-state index is 0.137. The molecule has 3 rings (SSSR count). The van der Waals surface area contributed by atoms with Crippen molar-refractivity contribution in [1.82, 2.24) is 15.1 Å². The third-order valence-corrected chi connectivity index (χ3v) is 5.36. The molecule has 2 amide bonds. The van der Waals surface area contributed by atoms with Gasteiger partial charge in [-0.25, -0.2) is 9.59 Å². The van der Waals surface area contributed by atoms with E-state index < -0.39 is 5.60 Å². The number of nitrogens with one attached hydrogen (secondary N) is 1. The van der Waals surface area contributed by atoms with Crippen LogP contribution in [0.25, 0.3) is 0 Å². The van der Waals surface area contributed by atoms with E-state index in [2.05, 4.69) is 10.2 Å². The highest BCUT2D eigenvalue weighted by Gasteiger charge is 2.36. The second kappa shape index (κ2) is 9.48. The molecule has 1 atom stereocenters. The number of amides is 2. The third-order valence-electron chi connectivity index (χ3n) is 5.36. The summed E-state index contributed by atoms with van der Waals surface area (Å²) in [6.45, 7) is 9.40. The number of nitrogens with zero attached hydrogens (tertiary/aromatic N) is 2. The Bertz CT molecular complexity index is 681. The first-order valence-electron chi connectivity index (χ1n) is 10.5. The topological polar surface area (TPSA) is 71.1 Å². The van der Waals surface area contributed by atoms with Gasteiger partial charge >= 0.3 is 12.2 Å². The van der Waals surface area contributed by atoms with Crippen LogP contribution in [0.5, 0.6) is 0 Å². The van der Waals surface area contributed by atoms with E-state index in [-0.39, 0.29) is 30.9 Å². The molecule has 0 aliphatic carbocycles. The molecule has 1 aromatic carbocycles. The molecule has 7 heteroatoms. The summed E-state index contributed by atoms with van der Waals surface area (Å²) in [6, 6.07) is 10.0. The van der Waals surface area contributed by atoms with Gasteiger partial charge in [0.15, 0.2) is 0 Å². The molecule has 0 aromatic heterocycles. The van der Waals surface area contributed by atoms with Gasteiger partial charge in [0.2, 0.25) is 0 Å². The number of carbonyl (C=O) groups is 2. The maximum absolute atomic E-state index is 12.3. The molecule has 0 saturated carbocycles. The molecule has 2 aliphatic rings. The van der Waals surface area contributed by atoms with Crippen LogP contribution in [0.1, 0.15) is 45.6 Å². The molecule has 0 bridgehead atoms. The first kappa shape index (κ1) is 21.4. The van der Waals surface area contributed by atoms with Gasteiger partial charge in [-0.3, -0.25) is 0 Å². The second-order valence-corrected chi connectivity index (χ2v) is 8.90. The molecule has 0 spiro atoms. The molecule has 1 N–H and O–H groups in total. The summed E-state index contributed by atoms with van der Waals surface area (Å²) in [5.74, 6) is 0. The maximum atomic E-state index is 12.3. The van der Waals surface area contributed by atoms with Crippen LogP contribution in [-0.2, 0) is 16.1 Å². The number of hydrogen-bond donors (Lipinski definition) is 1. The van der Waals surface area contributed by atoms with Crippen LogP contribution in [0.3, 0.4) is 0 Å². The molecule has 1 aromatic rings. The maximum Gasteiger partial charge on any atom is 0.410 e. The Hall–Kier alpha value is -2.28. The van der Waals surface area contributed by atoms with E-state index in [1.807, 2.05) is 56.0 Å². The van der Waals surface area contributed by atoms with Crippen molar-refractivity contribution >= 4 is 12.2 Å². The molecule has 0 radical (unpaired) electrons. The first-order chi connectivity index (χ1) is 13.8. The molecule has 29 heavy (non-hydrogen) atoms. The van der Waals surface area contributed by atoms with Gasteiger partial charge in [0.05, 0.1) is 0 Å². The standard InChI is InChI=1S/C22H33N3O4/c1-22(2,3)29-21(27)25-14-11-19(25)15-24-12-9-18(10-13-24)23-20(26)28-16-17-7-5-4-6-8-17/h4-8,18-19H,9-16H2,1-3H3,(H,23,26). The fourth-order valence-corrected chi connectivity index (χ4v) is 3.68. The van der Waals surface area contributed by atoms with Crippen molar-refractivity contribution < 1.29 is 19.1 Å². The zero-order chi connectivity index (χ0) is 20.9. The third kappa shape index (κ3) is 6.63. The molecule has 2 heterocycles. The fraction of sp³-hybridized carbons (Fsp3) is 0.636. The summed E-state index contributed by atoms with van der Waals surface area (Å²) in [7, 11) is 0. The van der Waals surface area contributed by atoms with Crippen LogP contribution < -0.4 is 5.32 Å². The fourth-order valence-electron chi connectivity index (χ4n) is 3.68. The smallest absolute Gasteiger partial charge is 0.410 e. The lowest BCUT2D eigenvalue weighted by molar-refractivity contribution is -0.0136. The lowest BCUT2D eigenvalue weighted by Crippen LogP contribution is -2.58. The SMILES string of the molecule is CC(C)(C)OC(=O)N1CCC1CN1CCC(NC(=O)OCc2ccccc2)CC1. The number of rotatable bonds is 5. The molecular weight excluding hydrogens is 370 g/mol. The number of piperidine rings is 1. The van der Waals surface area contributed by atoms with Crippen molar-refractivity contribution in [3.05, 3.63) is 35.9 Å². The molecular formula is C22H33N3O4. The molecule has 1 unspecified atom stereocenters. The lowest BCUT2D eigenvalue weighted by Gasteiger charge is -2.44. The minimum Gasteiger partial charge on any atom is -0.445 e. The number of carbonyl (C=O) groups excluding carboxylic acids is 2. The summed E-state index contributed by atoms with van der Waals surface area (Å²) in [5, 5.41) is 2.97. The van der Waals surface area contributed by atoms with Crippen molar-refractivity contribution in [3.8, 4) is 0 Å². The highest BCUT2D eigenvalue weighted by atomic mass is 16.6. The molecule has 2 fully saturated rings. The van der Waals surface area contributed by atoms with E-state index in [1.54, 1.807) is 0 Å². The van der Waals surface area contributed by atoms with Crippen LogP contribution in [0.4, 0.5) is 9.59 Å². The van der Waals surface area contributed by atoms with Crippen molar-refractivity contribution in [2.24, 2.45) is 0 Å². The second-order valence-electron chi connectivity index (χ2n) is 8.90. The number of alkyl carbamates (subject to hydrolysis) is 1. The van der Waals surface area contributed by atoms with E-state index >= 15 is 0 Å². The lowest BCUT2D eigenvalue weighted by atomic mass is 10.00. The van der Waals surface area contributed by atoms with Gasteiger partial charge in [0, 0.05) is 38.3 Å². The van der Waals surface area contributed by atoms with E-state index in [9.17, 15) is 9.59 Å². The Morgan fingerprint density at radius 2 is 1.76 bits per heavy atom. The Morgan fingerprint density at radius 3 is 2.34 bits per heavy atom. The summed E-state index contributed by atoms with van der Waals surface area (Å²) in [5.41, 5.74) is 0.517. The normalized spacial score (nSPS) is 20.7. The summed E-state index contributed by atoms with van der Waals surface area (Å²) < 4.78 is 10.8. The highest BCUT2D eigenvalue weighted by Crippen LogP contribution is 2.23. The largest absolute Gasteiger partial charge is 0.445 e. The molecule has 160 valence electrons. The number of likely N-dealkylation sites (tertiary alicyclic amines) is 2. The Balaban J connectivity index is 1.34. The van der Waals surface area contributed by atoms with Crippen molar-refractivity contribution in [2.75, 3.05) is 26.2 Å². The summed E-state index contributed by atoms with van der Waals surface area (Å²) >= 11 is 0. The number of hydrogen-bond acceptors (Lipinski definition) is 5. The number of benzene rings is 1. The monoisotopic (exact) mass is 403 g/mol. The predicted octanol–water partition coefficient (Wildman–Crippen LogP) is 3.39. The van der Waals surface area contributed by atoms with Gasteiger partial charge in [0.25, 0.3) is 0 Å². The van der Waals surface area contributed by atoms with Gasteiger partial charge in [0.1, 0.15) is 12.2 Å². The van der Waals surface area contributed by atoms with Gasteiger partial charge in [-0.05, 0) is 45.6 Å². The molecule has 2 aliphatic heterocycles. The zero-order valence-corrected chi connectivity index (χ0v) is 17.7. The average molecular weight is 404 g/mol. The van der Waals surface area contributed by atoms with Gasteiger partial charge in [-0.15, -0.1) is 0 Å². The Labute approximate surface area is 173 Å². The molecule has 2 saturated heterocycles. The van der Waals surface area contributed by atoms with E-state index in [0.29, 0.717) is 0 Å². The van der Waals surface area contributed by atoms with E-state index in [0.717, 1.165) is 51.0 Å². The van der Waals surface area contributed by atoms with Crippen LogP contribution in [-0.4, -0.2) is 65.9 Å². The summed E-state index contributed by atoms with van der Waals surface area (Å²) in [6.07, 6.45) is 2.22. The minimum atomic E-state index is -0.462. The quantitative estimate of drug-likeness (QED) is 0.816. The molecule has 7 nitrogen and oxygen atoms in total. The van der Waals surface area contributed by atoms with Crippen LogP contribution in [0.15, 0.2) is 30.3 Å². The van der Waals surface area contributed by atoms with Crippen LogP contribution >= 0.6 is 0 Å². The van der Waals surface area contributed by atoms with Crippen molar-refractivity contribution in [3.63, 3.8) is 0 Å². The van der Waals surface area contributed by atoms with Crippen molar-refractivity contribution in [1.29, 1.82) is 0 Å². The summed E-state index contributed by atoms with van der Waals surface area (Å²) in [4.78, 5) is 28.5. The van der Waals surface area contributed by atoms with E-state index in [4.69, 9.17) is 9.47 Å². The number of ether oxygens (including phenoxy) is 2. The predicted molar refractivity (Wildman–Crippen MR) is 111 cm³/mol.